The van der Waals surface area contributed by atoms with Crippen molar-refractivity contribution in [1.29, 1.82) is 0 Å². The van der Waals surface area contributed by atoms with Gasteiger partial charge in [-0.3, -0.25) is 0 Å². The van der Waals surface area contributed by atoms with Crippen molar-refractivity contribution in [2.24, 2.45) is 0 Å². The number of aromatic nitrogens is 3. The molecule has 2 aromatic heterocycles. The first-order valence-corrected chi connectivity index (χ1v) is 5.73. The maximum absolute atomic E-state index is 14.0. The molecule has 0 saturated heterocycles. The Morgan fingerprint density at radius 3 is 2.75 bits per heavy atom. The molecule has 3 rings (SSSR count). The molecule has 7 heteroatoms. The number of rotatable bonds is 2. The number of anilines is 1. The van der Waals surface area contributed by atoms with Crippen LogP contribution in [0.25, 0.3) is 16.9 Å². The fourth-order valence-corrected chi connectivity index (χ4v) is 1.96. The van der Waals surface area contributed by atoms with Crippen LogP contribution in [0.1, 0.15) is 0 Å². The Labute approximate surface area is 112 Å². The number of halogens is 2. The van der Waals surface area contributed by atoms with E-state index in [2.05, 4.69) is 9.97 Å². The number of nitrogens with zero attached hydrogens (tertiary/aromatic N) is 3. The number of ether oxygens (including phenoxy) is 1. The minimum Gasteiger partial charge on any atom is -0.494 e. The Bertz CT molecular complexity index is 800. The molecule has 0 aliphatic carbocycles. The van der Waals surface area contributed by atoms with E-state index in [0.717, 1.165) is 0 Å². The molecular weight excluding hydrogens is 266 g/mol. The third-order valence-corrected chi connectivity index (χ3v) is 2.95. The van der Waals surface area contributed by atoms with E-state index in [0.29, 0.717) is 5.65 Å². The summed E-state index contributed by atoms with van der Waals surface area (Å²) in [6.45, 7) is 0. The predicted octanol–water partition coefficient (Wildman–Crippen LogP) is 2.27. The molecule has 0 unspecified atom stereocenters. The van der Waals surface area contributed by atoms with Crippen molar-refractivity contribution < 1.29 is 13.5 Å². The van der Waals surface area contributed by atoms with Crippen molar-refractivity contribution in [3.05, 3.63) is 42.4 Å². The Kier molecular flexibility index (Phi) is 2.74. The van der Waals surface area contributed by atoms with E-state index in [9.17, 15) is 8.78 Å². The van der Waals surface area contributed by atoms with E-state index >= 15 is 0 Å². The van der Waals surface area contributed by atoms with Gasteiger partial charge in [-0.05, 0) is 12.1 Å². The van der Waals surface area contributed by atoms with Crippen molar-refractivity contribution in [2.75, 3.05) is 12.8 Å². The zero-order chi connectivity index (χ0) is 14.3. The summed E-state index contributed by atoms with van der Waals surface area (Å²) in [5, 5.41) is 0. The van der Waals surface area contributed by atoms with Crippen molar-refractivity contribution in [3.63, 3.8) is 0 Å². The maximum Gasteiger partial charge on any atom is 0.201 e. The standard InChI is InChI=1S/C13H10F2N4O/c1-20-9-3-2-7(10(14)11(9)15)8-6-19-5-4-17-12(16)13(19)18-8/h2-6H,1H3,(H2,16,17). The number of nitrogen functional groups attached to an aromatic ring is 1. The number of fused-ring (bicyclic) bond motifs is 1. The minimum atomic E-state index is -1.05. The number of methoxy groups -OCH3 is 1. The Morgan fingerprint density at radius 1 is 1.25 bits per heavy atom. The van der Waals surface area contributed by atoms with Gasteiger partial charge >= 0.3 is 0 Å². The van der Waals surface area contributed by atoms with Gasteiger partial charge in [-0.25, -0.2) is 14.4 Å². The quantitative estimate of drug-likeness (QED) is 0.779. The Balaban J connectivity index is 2.21. The molecule has 5 nitrogen and oxygen atoms in total. The summed E-state index contributed by atoms with van der Waals surface area (Å²) in [6, 6.07) is 2.75. The largest absolute Gasteiger partial charge is 0.494 e. The van der Waals surface area contributed by atoms with E-state index < -0.39 is 11.6 Å². The number of imidazole rings is 1. The molecule has 0 bridgehead atoms. The molecule has 3 aromatic rings. The van der Waals surface area contributed by atoms with Crippen LogP contribution in [-0.2, 0) is 0 Å². The molecular formula is C13H10F2N4O. The van der Waals surface area contributed by atoms with Crippen LogP contribution in [0.2, 0.25) is 0 Å². The number of benzene rings is 1. The molecule has 0 aliphatic rings. The topological polar surface area (TPSA) is 65.4 Å². The summed E-state index contributed by atoms with van der Waals surface area (Å²) in [5.74, 6) is -2.00. The first kappa shape index (κ1) is 12.3. The summed E-state index contributed by atoms with van der Waals surface area (Å²) in [7, 11) is 1.27. The average Bonchev–Trinajstić information content (AvgIpc) is 2.87. The molecule has 102 valence electrons. The second kappa shape index (κ2) is 4.44. The van der Waals surface area contributed by atoms with Crippen LogP contribution < -0.4 is 10.5 Å². The van der Waals surface area contributed by atoms with Crippen LogP contribution in [-0.4, -0.2) is 21.5 Å². The monoisotopic (exact) mass is 276 g/mol. The SMILES string of the molecule is COc1ccc(-c2cn3ccnc(N)c3n2)c(F)c1F. The fourth-order valence-electron chi connectivity index (χ4n) is 1.96. The van der Waals surface area contributed by atoms with Gasteiger partial charge in [0.2, 0.25) is 5.82 Å². The number of nitrogens with two attached hydrogens (primary N) is 1. The highest BCUT2D eigenvalue weighted by Gasteiger charge is 2.17. The van der Waals surface area contributed by atoms with Crippen LogP contribution in [0.4, 0.5) is 14.6 Å². The van der Waals surface area contributed by atoms with Gasteiger partial charge in [0, 0.05) is 24.2 Å². The zero-order valence-corrected chi connectivity index (χ0v) is 10.5. The van der Waals surface area contributed by atoms with Crippen molar-refractivity contribution >= 4 is 11.5 Å². The van der Waals surface area contributed by atoms with Gasteiger partial charge in [-0.2, -0.15) is 4.39 Å². The van der Waals surface area contributed by atoms with Crippen LogP contribution in [0.5, 0.6) is 5.75 Å². The highest BCUT2D eigenvalue weighted by molar-refractivity contribution is 5.69. The van der Waals surface area contributed by atoms with Gasteiger partial charge in [0.1, 0.15) is 0 Å². The van der Waals surface area contributed by atoms with Crippen LogP contribution in [0.15, 0.2) is 30.7 Å². The van der Waals surface area contributed by atoms with Gasteiger partial charge in [-0.1, -0.05) is 0 Å². The molecule has 20 heavy (non-hydrogen) atoms. The summed E-state index contributed by atoms with van der Waals surface area (Å²) in [5.41, 5.74) is 6.37. The van der Waals surface area contributed by atoms with Gasteiger partial charge in [-0.15, -0.1) is 0 Å². The van der Waals surface area contributed by atoms with Crippen LogP contribution in [0, 0.1) is 11.6 Å². The van der Waals surface area contributed by atoms with E-state index in [1.807, 2.05) is 0 Å². The molecule has 0 atom stereocenters. The number of hydrogen-bond acceptors (Lipinski definition) is 4. The van der Waals surface area contributed by atoms with Crippen LogP contribution >= 0.6 is 0 Å². The molecule has 0 radical (unpaired) electrons. The summed E-state index contributed by atoms with van der Waals surface area (Å²) < 4.78 is 34.0. The lowest BCUT2D eigenvalue weighted by Crippen LogP contribution is -1.95. The van der Waals surface area contributed by atoms with Crippen molar-refractivity contribution in [2.45, 2.75) is 0 Å². The predicted molar refractivity (Wildman–Crippen MR) is 69.3 cm³/mol. The van der Waals surface area contributed by atoms with Crippen molar-refractivity contribution in [1.82, 2.24) is 14.4 Å². The molecule has 0 aliphatic heterocycles. The summed E-state index contributed by atoms with van der Waals surface area (Å²) in [6.07, 6.45) is 4.68. The fraction of sp³-hybridized carbons (Fsp3) is 0.0769. The Hall–Kier alpha value is -2.70. The minimum absolute atomic E-state index is 0.0337. The Morgan fingerprint density at radius 2 is 2.05 bits per heavy atom. The second-order valence-corrected chi connectivity index (χ2v) is 4.11. The van der Waals surface area contributed by atoms with Gasteiger partial charge in [0.05, 0.1) is 12.8 Å². The molecule has 0 spiro atoms. The molecule has 0 amide bonds. The lowest BCUT2D eigenvalue weighted by atomic mass is 10.1. The molecule has 0 fully saturated rings. The molecule has 2 heterocycles. The third-order valence-electron chi connectivity index (χ3n) is 2.95. The highest BCUT2D eigenvalue weighted by atomic mass is 19.2. The van der Waals surface area contributed by atoms with E-state index in [1.54, 1.807) is 16.8 Å². The third kappa shape index (κ3) is 1.75. The summed E-state index contributed by atoms with van der Waals surface area (Å²) >= 11 is 0. The van der Waals surface area contributed by atoms with Gasteiger partial charge in [0.25, 0.3) is 0 Å². The maximum atomic E-state index is 14.0. The molecule has 1 aromatic carbocycles. The van der Waals surface area contributed by atoms with Gasteiger partial charge in [0.15, 0.2) is 23.0 Å². The van der Waals surface area contributed by atoms with Crippen LogP contribution in [0.3, 0.4) is 0 Å². The van der Waals surface area contributed by atoms with E-state index in [4.69, 9.17) is 10.5 Å². The van der Waals surface area contributed by atoms with E-state index in [1.165, 1.54) is 25.4 Å². The molecule has 2 N–H and O–H groups in total. The highest BCUT2D eigenvalue weighted by Crippen LogP contribution is 2.29. The first-order valence-electron chi connectivity index (χ1n) is 5.73. The normalized spacial score (nSPS) is 10.9. The smallest absolute Gasteiger partial charge is 0.201 e. The lowest BCUT2D eigenvalue weighted by molar-refractivity contribution is 0.372. The zero-order valence-electron chi connectivity index (χ0n) is 10.5. The van der Waals surface area contributed by atoms with E-state index in [-0.39, 0.29) is 22.8 Å². The average molecular weight is 276 g/mol. The van der Waals surface area contributed by atoms with Crippen molar-refractivity contribution in [3.8, 4) is 17.0 Å². The molecule has 0 saturated carbocycles. The lowest BCUT2D eigenvalue weighted by Gasteiger charge is -2.05. The first-order chi connectivity index (χ1) is 9.61. The second-order valence-electron chi connectivity index (χ2n) is 4.11. The van der Waals surface area contributed by atoms with Gasteiger partial charge < -0.3 is 14.9 Å². The number of hydrogen-bond donors (Lipinski definition) is 1. The summed E-state index contributed by atoms with van der Waals surface area (Å²) in [4.78, 5) is 8.06.